The largest absolute Gasteiger partial charge is 0.381 e. The van der Waals surface area contributed by atoms with Gasteiger partial charge in [-0.05, 0) is 12.8 Å². The van der Waals surface area contributed by atoms with E-state index in [1.54, 1.807) is 0 Å². The zero-order valence-electron chi connectivity index (χ0n) is 13.9. The number of aromatic nitrogens is 2. The highest BCUT2D eigenvalue weighted by Crippen LogP contribution is 2.32. The van der Waals surface area contributed by atoms with Crippen molar-refractivity contribution in [2.45, 2.75) is 19.4 Å². The van der Waals surface area contributed by atoms with Crippen molar-refractivity contribution in [2.24, 2.45) is 18.2 Å². The minimum atomic E-state index is -0.399. The Hall–Kier alpha value is -1.44. The summed E-state index contributed by atoms with van der Waals surface area (Å²) in [5.41, 5.74) is 6.77. The summed E-state index contributed by atoms with van der Waals surface area (Å²) in [5.74, 6) is 0.226. The van der Waals surface area contributed by atoms with Crippen LogP contribution in [0.25, 0.3) is 0 Å². The molecule has 2 fully saturated rings. The fraction of sp³-hybridized carbons (Fsp3) is 0.750. The molecule has 0 atom stereocenters. The lowest BCUT2D eigenvalue weighted by atomic mass is 9.78. The Morgan fingerprint density at radius 2 is 2.00 bits per heavy atom. The number of amides is 1. The number of ether oxygens (including phenoxy) is 1. The number of carbonyl (C=O) groups excluding carboxylic acids is 1. The third-order valence-electron chi connectivity index (χ3n) is 5.12. The van der Waals surface area contributed by atoms with Gasteiger partial charge < -0.3 is 15.4 Å². The van der Waals surface area contributed by atoms with Crippen LogP contribution in [0.15, 0.2) is 12.4 Å². The van der Waals surface area contributed by atoms with Crippen LogP contribution in [0.3, 0.4) is 0 Å². The van der Waals surface area contributed by atoms with Gasteiger partial charge in [0, 0.05) is 71.3 Å². The van der Waals surface area contributed by atoms with Crippen molar-refractivity contribution in [3.8, 4) is 0 Å². The monoisotopic (exact) mass is 321 g/mol. The molecule has 2 aliphatic heterocycles. The molecule has 1 amide bonds. The summed E-state index contributed by atoms with van der Waals surface area (Å²) in [4.78, 5) is 17.3. The van der Waals surface area contributed by atoms with Crippen molar-refractivity contribution < 1.29 is 9.53 Å². The van der Waals surface area contributed by atoms with Gasteiger partial charge in [0.15, 0.2) is 0 Å². The maximum Gasteiger partial charge on any atom is 0.230 e. The number of nitrogens with zero attached hydrogens (tertiary/aromatic N) is 4. The standard InChI is InChI=1S/C16H27N5O2/c1-19-11-14(10-18-19)12-20-4-6-21(7-5-20)15(22)16(13-17)2-8-23-9-3-16/h10-11H,2-9,12-13,17H2,1H3. The van der Waals surface area contributed by atoms with Crippen molar-refractivity contribution >= 4 is 5.91 Å². The Morgan fingerprint density at radius 3 is 2.57 bits per heavy atom. The van der Waals surface area contributed by atoms with Gasteiger partial charge in [-0.2, -0.15) is 5.10 Å². The Kier molecular flexibility index (Phi) is 4.99. The van der Waals surface area contributed by atoms with E-state index in [1.165, 1.54) is 5.56 Å². The van der Waals surface area contributed by atoms with Gasteiger partial charge >= 0.3 is 0 Å². The molecule has 3 heterocycles. The number of hydrogen-bond donors (Lipinski definition) is 1. The van der Waals surface area contributed by atoms with Gasteiger partial charge in [0.1, 0.15) is 0 Å². The third-order valence-corrected chi connectivity index (χ3v) is 5.12. The Balaban J connectivity index is 1.54. The lowest BCUT2D eigenvalue weighted by molar-refractivity contribution is -0.149. The molecule has 0 unspecified atom stereocenters. The van der Waals surface area contributed by atoms with Crippen molar-refractivity contribution in [2.75, 3.05) is 45.9 Å². The van der Waals surface area contributed by atoms with Crippen molar-refractivity contribution in [3.05, 3.63) is 18.0 Å². The number of rotatable bonds is 4. The van der Waals surface area contributed by atoms with Gasteiger partial charge in [-0.1, -0.05) is 0 Å². The first kappa shape index (κ1) is 16.4. The maximum absolute atomic E-state index is 12.9. The molecule has 1 aromatic heterocycles. The van der Waals surface area contributed by atoms with Crippen LogP contribution < -0.4 is 5.73 Å². The topological polar surface area (TPSA) is 76.6 Å². The quantitative estimate of drug-likeness (QED) is 0.832. The molecular formula is C16H27N5O2. The molecule has 128 valence electrons. The number of hydrogen-bond acceptors (Lipinski definition) is 5. The van der Waals surface area contributed by atoms with Crippen LogP contribution in [0.4, 0.5) is 0 Å². The summed E-state index contributed by atoms with van der Waals surface area (Å²) in [5, 5.41) is 4.21. The molecule has 7 heteroatoms. The van der Waals surface area contributed by atoms with Gasteiger partial charge in [0.05, 0.1) is 11.6 Å². The van der Waals surface area contributed by atoms with E-state index in [0.29, 0.717) is 19.8 Å². The molecule has 0 aromatic carbocycles. The summed E-state index contributed by atoms with van der Waals surface area (Å²) < 4.78 is 7.23. The number of carbonyl (C=O) groups is 1. The van der Waals surface area contributed by atoms with Gasteiger partial charge in [0.25, 0.3) is 0 Å². The highest BCUT2D eigenvalue weighted by molar-refractivity contribution is 5.83. The molecule has 7 nitrogen and oxygen atoms in total. The van der Waals surface area contributed by atoms with E-state index in [-0.39, 0.29) is 5.91 Å². The smallest absolute Gasteiger partial charge is 0.230 e. The molecule has 0 aliphatic carbocycles. The zero-order valence-corrected chi connectivity index (χ0v) is 13.9. The number of aryl methyl sites for hydroxylation is 1. The lowest BCUT2D eigenvalue weighted by Gasteiger charge is -2.42. The normalized spacial score (nSPS) is 22.3. The van der Waals surface area contributed by atoms with Gasteiger partial charge in [-0.25, -0.2) is 0 Å². The fourth-order valence-electron chi connectivity index (χ4n) is 3.52. The van der Waals surface area contributed by atoms with E-state index >= 15 is 0 Å². The molecule has 0 radical (unpaired) electrons. The highest BCUT2D eigenvalue weighted by atomic mass is 16.5. The molecule has 2 saturated heterocycles. The first-order valence-electron chi connectivity index (χ1n) is 8.40. The minimum absolute atomic E-state index is 0.226. The van der Waals surface area contributed by atoms with E-state index < -0.39 is 5.41 Å². The van der Waals surface area contributed by atoms with Gasteiger partial charge in [-0.3, -0.25) is 14.4 Å². The van der Waals surface area contributed by atoms with Crippen LogP contribution in [-0.2, 0) is 23.1 Å². The summed E-state index contributed by atoms with van der Waals surface area (Å²) in [7, 11) is 1.93. The molecule has 2 aliphatic rings. The molecule has 0 saturated carbocycles. The average molecular weight is 321 g/mol. The Morgan fingerprint density at radius 1 is 1.30 bits per heavy atom. The first-order chi connectivity index (χ1) is 11.1. The SMILES string of the molecule is Cn1cc(CN2CCN(C(=O)C3(CN)CCOCC3)CC2)cn1. The minimum Gasteiger partial charge on any atom is -0.381 e. The van der Waals surface area contributed by atoms with Crippen LogP contribution >= 0.6 is 0 Å². The zero-order chi connectivity index (χ0) is 16.3. The van der Waals surface area contributed by atoms with Crippen LogP contribution in [0, 0.1) is 5.41 Å². The maximum atomic E-state index is 12.9. The van der Waals surface area contributed by atoms with Crippen LogP contribution in [0.5, 0.6) is 0 Å². The van der Waals surface area contributed by atoms with E-state index in [2.05, 4.69) is 10.00 Å². The van der Waals surface area contributed by atoms with Crippen LogP contribution in [-0.4, -0.2) is 71.4 Å². The van der Waals surface area contributed by atoms with Crippen molar-refractivity contribution in [3.63, 3.8) is 0 Å². The fourth-order valence-corrected chi connectivity index (χ4v) is 3.52. The average Bonchev–Trinajstić information content (AvgIpc) is 3.00. The van der Waals surface area contributed by atoms with E-state index in [4.69, 9.17) is 10.5 Å². The third kappa shape index (κ3) is 3.57. The molecule has 1 aromatic rings. The predicted molar refractivity (Wildman–Crippen MR) is 86.6 cm³/mol. The van der Waals surface area contributed by atoms with Crippen LogP contribution in [0.1, 0.15) is 18.4 Å². The predicted octanol–water partition coefficient (Wildman–Crippen LogP) is -0.180. The van der Waals surface area contributed by atoms with Crippen LogP contribution in [0.2, 0.25) is 0 Å². The molecule has 3 rings (SSSR count). The van der Waals surface area contributed by atoms with Crippen molar-refractivity contribution in [1.29, 1.82) is 0 Å². The summed E-state index contributed by atoms with van der Waals surface area (Å²) in [6.45, 7) is 5.96. The second-order valence-electron chi connectivity index (χ2n) is 6.69. The second kappa shape index (κ2) is 6.98. The van der Waals surface area contributed by atoms with Gasteiger partial charge in [-0.15, -0.1) is 0 Å². The van der Waals surface area contributed by atoms with Gasteiger partial charge in [0.2, 0.25) is 5.91 Å². The Bertz CT molecular complexity index is 530. The summed E-state index contributed by atoms with van der Waals surface area (Å²) >= 11 is 0. The number of piperazine rings is 1. The molecule has 23 heavy (non-hydrogen) atoms. The molecule has 0 spiro atoms. The molecule has 0 bridgehead atoms. The lowest BCUT2D eigenvalue weighted by Crippen LogP contribution is -2.56. The molecular weight excluding hydrogens is 294 g/mol. The van der Waals surface area contributed by atoms with Crippen molar-refractivity contribution in [1.82, 2.24) is 19.6 Å². The first-order valence-corrected chi connectivity index (χ1v) is 8.40. The summed E-state index contributed by atoms with van der Waals surface area (Å²) in [6, 6.07) is 0. The highest BCUT2D eigenvalue weighted by Gasteiger charge is 2.42. The van der Waals surface area contributed by atoms with E-state index in [1.807, 2.05) is 29.0 Å². The second-order valence-corrected chi connectivity index (χ2v) is 6.69. The molecule has 2 N–H and O–H groups in total. The van der Waals surface area contributed by atoms with E-state index in [0.717, 1.165) is 45.6 Å². The van der Waals surface area contributed by atoms with E-state index in [9.17, 15) is 4.79 Å². The Labute approximate surface area is 137 Å². The summed E-state index contributed by atoms with van der Waals surface area (Å²) in [6.07, 6.45) is 5.45. The number of nitrogens with two attached hydrogens (primary N) is 1.